The lowest BCUT2D eigenvalue weighted by molar-refractivity contribution is -0.118. The highest BCUT2D eigenvalue weighted by Gasteiger charge is 2.04. The number of carbonyl (C=O) groups is 1. The van der Waals surface area contributed by atoms with Crippen molar-refractivity contribution in [3.05, 3.63) is 6.54 Å². The molecule has 1 saturated heterocycles. The Bertz CT molecular complexity index is 80.5. The van der Waals surface area contributed by atoms with Gasteiger partial charge in [0.05, 0.1) is 0 Å². The summed E-state index contributed by atoms with van der Waals surface area (Å²) in [5, 5.41) is 3.03. The van der Waals surface area contributed by atoms with Crippen LogP contribution in [0.4, 0.5) is 0 Å². The lowest BCUT2D eigenvalue weighted by Gasteiger charge is -1.90. The second-order valence-corrected chi connectivity index (χ2v) is 1.99. The van der Waals surface area contributed by atoms with E-state index in [-0.39, 0.29) is 0 Å². The number of hydrogen-bond acceptors (Lipinski definition) is 2. The monoisotopic (exact) mass is 112 g/mol. The minimum absolute atomic E-state index is 0.381. The number of nitrogens with one attached hydrogen (secondary N) is 1. The molecule has 0 unspecified atom stereocenters. The smallest absolute Gasteiger partial charge is 0.134 e. The predicted molar refractivity (Wildman–Crippen MR) is 31.2 cm³/mol. The summed E-state index contributed by atoms with van der Waals surface area (Å²) in [5.41, 5.74) is 0. The van der Waals surface area contributed by atoms with Crippen molar-refractivity contribution in [2.45, 2.75) is 19.3 Å². The fraction of sp³-hybridized carbons (Fsp3) is 0.667. The maximum absolute atomic E-state index is 10.6. The highest BCUT2D eigenvalue weighted by atomic mass is 16.1. The third kappa shape index (κ3) is 1.62. The van der Waals surface area contributed by atoms with E-state index >= 15 is 0 Å². The van der Waals surface area contributed by atoms with E-state index in [1.165, 1.54) is 0 Å². The lowest BCUT2D eigenvalue weighted by atomic mass is 10.2. The fourth-order valence-corrected chi connectivity index (χ4v) is 0.774. The second-order valence-electron chi connectivity index (χ2n) is 1.99. The average Bonchev–Trinajstić information content (AvgIpc) is 1.94. The van der Waals surface area contributed by atoms with Crippen LogP contribution < -0.4 is 5.32 Å². The summed E-state index contributed by atoms with van der Waals surface area (Å²) in [6.07, 6.45) is 2.34. The van der Waals surface area contributed by atoms with E-state index in [1.54, 1.807) is 0 Å². The van der Waals surface area contributed by atoms with Gasteiger partial charge in [-0.3, -0.25) is 4.79 Å². The van der Waals surface area contributed by atoms with Gasteiger partial charge < -0.3 is 5.32 Å². The average molecular weight is 112 g/mol. The van der Waals surface area contributed by atoms with Crippen molar-refractivity contribution in [2.75, 3.05) is 6.54 Å². The van der Waals surface area contributed by atoms with Crippen LogP contribution in [0.5, 0.6) is 0 Å². The van der Waals surface area contributed by atoms with E-state index in [0.29, 0.717) is 12.2 Å². The van der Waals surface area contributed by atoms with Crippen LogP contribution >= 0.6 is 0 Å². The highest BCUT2D eigenvalue weighted by molar-refractivity contribution is 5.78. The summed E-state index contributed by atoms with van der Waals surface area (Å²) in [7, 11) is 0. The first kappa shape index (κ1) is 5.76. The molecule has 8 heavy (non-hydrogen) atoms. The number of Topliss-reactive ketones (excluding diaryl/α,β-unsaturated/α-hetero) is 1. The molecule has 1 fully saturated rings. The van der Waals surface area contributed by atoms with Gasteiger partial charge in [0.1, 0.15) is 5.78 Å². The summed E-state index contributed by atoms with van der Waals surface area (Å²) < 4.78 is 0. The Hall–Kier alpha value is -0.370. The van der Waals surface area contributed by atoms with Crippen LogP contribution in [-0.4, -0.2) is 12.3 Å². The van der Waals surface area contributed by atoms with Crippen LogP contribution in [0.2, 0.25) is 0 Å². The molecule has 0 bridgehead atoms. The van der Waals surface area contributed by atoms with Crippen molar-refractivity contribution < 1.29 is 4.79 Å². The Labute approximate surface area is 49.3 Å². The first-order chi connectivity index (χ1) is 3.89. The third-order valence-corrected chi connectivity index (χ3v) is 1.26. The van der Waals surface area contributed by atoms with Crippen LogP contribution in [0.1, 0.15) is 19.3 Å². The van der Waals surface area contributed by atoms with Crippen molar-refractivity contribution in [1.29, 1.82) is 0 Å². The quantitative estimate of drug-likeness (QED) is 0.494. The Morgan fingerprint density at radius 2 is 2.38 bits per heavy atom. The minimum Gasteiger partial charge on any atom is -0.312 e. The standard InChI is InChI=1S/C6H10NO/c8-6-2-1-4-7-5-3-6/h4,7H,1-3,5H2. The van der Waals surface area contributed by atoms with Crippen molar-refractivity contribution in [2.24, 2.45) is 0 Å². The molecule has 45 valence electrons. The van der Waals surface area contributed by atoms with E-state index in [0.717, 1.165) is 19.4 Å². The van der Waals surface area contributed by atoms with Gasteiger partial charge in [0, 0.05) is 25.9 Å². The van der Waals surface area contributed by atoms with Gasteiger partial charge in [0.25, 0.3) is 0 Å². The van der Waals surface area contributed by atoms with E-state index in [4.69, 9.17) is 0 Å². The molecule has 0 aromatic heterocycles. The van der Waals surface area contributed by atoms with Crippen LogP contribution in [0, 0.1) is 6.54 Å². The van der Waals surface area contributed by atoms with Gasteiger partial charge in [-0.1, -0.05) is 0 Å². The molecule has 0 amide bonds. The van der Waals surface area contributed by atoms with Gasteiger partial charge >= 0.3 is 0 Å². The van der Waals surface area contributed by atoms with Gasteiger partial charge in [-0.2, -0.15) is 0 Å². The van der Waals surface area contributed by atoms with Crippen LogP contribution in [0.15, 0.2) is 0 Å². The van der Waals surface area contributed by atoms with Crippen LogP contribution in [0.25, 0.3) is 0 Å². The van der Waals surface area contributed by atoms with E-state index in [1.807, 2.05) is 6.54 Å². The molecule has 2 nitrogen and oxygen atoms in total. The van der Waals surface area contributed by atoms with Crippen LogP contribution in [0.3, 0.4) is 0 Å². The fourth-order valence-electron chi connectivity index (χ4n) is 0.774. The molecule has 1 N–H and O–H groups in total. The Balaban J connectivity index is 2.27. The Kier molecular flexibility index (Phi) is 2.03. The van der Waals surface area contributed by atoms with Crippen molar-refractivity contribution in [1.82, 2.24) is 5.32 Å². The van der Waals surface area contributed by atoms with Crippen molar-refractivity contribution >= 4 is 5.78 Å². The van der Waals surface area contributed by atoms with Gasteiger partial charge in [0.2, 0.25) is 0 Å². The summed E-state index contributed by atoms with van der Waals surface area (Å²) >= 11 is 0. The summed E-state index contributed by atoms with van der Waals surface area (Å²) in [6, 6.07) is 0. The maximum Gasteiger partial charge on any atom is 0.134 e. The van der Waals surface area contributed by atoms with Gasteiger partial charge in [-0.15, -0.1) is 0 Å². The molecular formula is C6H10NO. The molecule has 2 heteroatoms. The zero-order valence-corrected chi connectivity index (χ0v) is 4.81. The number of ketones is 1. The van der Waals surface area contributed by atoms with Crippen LogP contribution in [-0.2, 0) is 4.79 Å². The van der Waals surface area contributed by atoms with Crippen molar-refractivity contribution in [3.63, 3.8) is 0 Å². The normalized spacial score (nSPS) is 22.8. The first-order valence-corrected chi connectivity index (χ1v) is 2.96. The molecule has 0 atom stereocenters. The van der Waals surface area contributed by atoms with Gasteiger partial charge in [-0.05, 0) is 6.42 Å². The topological polar surface area (TPSA) is 29.1 Å². The molecule has 1 heterocycles. The molecule has 0 spiro atoms. The largest absolute Gasteiger partial charge is 0.312 e. The molecular weight excluding hydrogens is 102 g/mol. The van der Waals surface area contributed by atoms with E-state index < -0.39 is 0 Å². The molecule has 0 aromatic rings. The SMILES string of the molecule is O=C1CC[CH]NCC1. The second kappa shape index (κ2) is 2.82. The predicted octanol–water partition coefficient (Wildman–Crippen LogP) is 0.491. The molecule has 1 aliphatic rings. The van der Waals surface area contributed by atoms with Gasteiger partial charge in [-0.25, -0.2) is 0 Å². The first-order valence-electron chi connectivity index (χ1n) is 2.96. The number of carbonyl (C=O) groups excluding carboxylic acids is 1. The third-order valence-electron chi connectivity index (χ3n) is 1.26. The van der Waals surface area contributed by atoms with E-state index in [9.17, 15) is 4.79 Å². The summed E-state index contributed by atoms with van der Waals surface area (Å²) in [5.74, 6) is 0.381. The van der Waals surface area contributed by atoms with E-state index in [2.05, 4.69) is 5.32 Å². The zero-order valence-electron chi connectivity index (χ0n) is 4.81. The minimum atomic E-state index is 0.381. The molecule has 1 rings (SSSR count). The molecule has 0 aromatic carbocycles. The Morgan fingerprint density at radius 1 is 1.50 bits per heavy atom. The summed E-state index contributed by atoms with van der Waals surface area (Å²) in [4.78, 5) is 10.6. The van der Waals surface area contributed by atoms with Crippen molar-refractivity contribution in [3.8, 4) is 0 Å². The molecule has 0 aliphatic carbocycles. The maximum atomic E-state index is 10.6. The number of rotatable bonds is 0. The molecule has 1 aliphatic heterocycles. The highest BCUT2D eigenvalue weighted by Crippen LogP contribution is 1.99. The molecule has 0 saturated carbocycles. The molecule has 1 radical (unpaired) electrons. The van der Waals surface area contributed by atoms with Gasteiger partial charge in [0.15, 0.2) is 0 Å². The lowest BCUT2D eigenvalue weighted by Crippen LogP contribution is -2.09. The number of hydrogen-bond donors (Lipinski definition) is 1. The zero-order chi connectivity index (χ0) is 5.82. The Morgan fingerprint density at radius 3 is 3.25 bits per heavy atom. The summed E-state index contributed by atoms with van der Waals surface area (Å²) in [6.45, 7) is 2.80.